The van der Waals surface area contributed by atoms with Crippen molar-refractivity contribution in [3.63, 3.8) is 0 Å². The first-order chi connectivity index (χ1) is 11.8. The van der Waals surface area contributed by atoms with Gasteiger partial charge in [-0.3, -0.25) is 4.79 Å². The van der Waals surface area contributed by atoms with Gasteiger partial charge in [0.2, 0.25) is 5.91 Å². The minimum Gasteiger partial charge on any atom is -0.485 e. The maximum atomic E-state index is 13.6. The molecule has 1 atom stereocenters. The molecule has 0 saturated heterocycles. The van der Waals surface area contributed by atoms with Crippen LogP contribution < -0.4 is 10.5 Å². The fraction of sp³-hybridized carbons (Fsp3) is 0.278. The second-order valence-corrected chi connectivity index (χ2v) is 5.71. The summed E-state index contributed by atoms with van der Waals surface area (Å²) in [6, 6.07) is 4.18. The van der Waals surface area contributed by atoms with Crippen molar-refractivity contribution in [3.8, 4) is 17.0 Å². The van der Waals surface area contributed by atoms with Crippen LogP contribution in [0, 0.1) is 12.7 Å². The zero-order chi connectivity index (χ0) is 18.6. The molecule has 2 aromatic rings. The van der Waals surface area contributed by atoms with Crippen LogP contribution in [0.25, 0.3) is 11.3 Å². The molecule has 0 radical (unpaired) electrons. The summed E-state index contributed by atoms with van der Waals surface area (Å²) in [5, 5.41) is 0. The van der Waals surface area contributed by atoms with Gasteiger partial charge >= 0.3 is 0 Å². The largest absolute Gasteiger partial charge is 0.485 e. The number of likely N-dealkylation sites (N-methyl/N-ethyl adjacent to an activating group) is 1. The van der Waals surface area contributed by atoms with Crippen LogP contribution in [-0.2, 0) is 4.79 Å². The molecule has 0 saturated carbocycles. The van der Waals surface area contributed by atoms with E-state index in [9.17, 15) is 9.18 Å². The maximum absolute atomic E-state index is 13.6. The summed E-state index contributed by atoms with van der Waals surface area (Å²) in [7, 11) is 1.65. The second kappa shape index (κ2) is 7.74. The summed E-state index contributed by atoms with van der Waals surface area (Å²) in [4.78, 5) is 21.3. The normalized spacial score (nSPS) is 11.7. The van der Waals surface area contributed by atoms with E-state index in [0.717, 1.165) is 5.56 Å². The van der Waals surface area contributed by atoms with Gasteiger partial charge < -0.3 is 15.4 Å². The van der Waals surface area contributed by atoms with Gasteiger partial charge in [-0.15, -0.1) is 0 Å². The predicted molar refractivity (Wildman–Crippen MR) is 94.5 cm³/mol. The van der Waals surface area contributed by atoms with Gasteiger partial charge in [-0.05, 0) is 37.6 Å². The smallest absolute Gasteiger partial charge is 0.246 e. The van der Waals surface area contributed by atoms with E-state index in [-0.39, 0.29) is 35.9 Å². The van der Waals surface area contributed by atoms with Crippen molar-refractivity contribution < 1.29 is 13.9 Å². The van der Waals surface area contributed by atoms with Crippen LogP contribution in [0.5, 0.6) is 5.75 Å². The summed E-state index contributed by atoms with van der Waals surface area (Å²) in [5.41, 5.74) is 7.75. The molecule has 1 amide bonds. The Kier molecular flexibility index (Phi) is 5.69. The maximum Gasteiger partial charge on any atom is 0.246 e. The molecule has 6 nitrogen and oxygen atoms in total. The number of benzene rings is 1. The van der Waals surface area contributed by atoms with E-state index in [4.69, 9.17) is 10.5 Å². The molecule has 0 aliphatic rings. The van der Waals surface area contributed by atoms with Gasteiger partial charge in [-0.1, -0.05) is 12.6 Å². The molecule has 1 aromatic heterocycles. The van der Waals surface area contributed by atoms with Crippen LogP contribution in [0.3, 0.4) is 0 Å². The molecule has 1 unspecified atom stereocenters. The third-order valence-electron chi connectivity index (χ3n) is 3.94. The first-order valence-electron chi connectivity index (χ1n) is 7.74. The Morgan fingerprint density at radius 3 is 2.88 bits per heavy atom. The number of nitrogen functional groups attached to an aromatic ring is 1. The van der Waals surface area contributed by atoms with E-state index in [1.165, 1.54) is 29.4 Å². The Hall–Kier alpha value is -2.96. The lowest BCUT2D eigenvalue weighted by Gasteiger charge is -2.24. The van der Waals surface area contributed by atoms with E-state index in [0.29, 0.717) is 11.3 Å². The number of anilines is 1. The Bertz CT molecular complexity index is 795. The number of carbonyl (C=O) groups excluding carboxylic acids is 1. The van der Waals surface area contributed by atoms with Crippen molar-refractivity contribution >= 4 is 11.7 Å². The van der Waals surface area contributed by atoms with E-state index in [1.54, 1.807) is 13.1 Å². The molecule has 25 heavy (non-hydrogen) atoms. The molecule has 0 aliphatic heterocycles. The topological polar surface area (TPSA) is 81.3 Å². The molecule has 1 heterocycles. The fourth-order valence-electron chi connectivity index (χ4n) is 2.25. The lowest BCUT2D eigenvalue weighted by atomic mass is 10.0. The Morgan fingerprint density at radius 1 is 1.48 bits per heavy atom. The van der Waals surface area contributed by atoms with E-state index >= 15 is 0 Å². The molecule has 7 heteroatoms. The lowest BCUT2D eigenvalue weighted by Crippen LogP contribution is -2.37. The van der Waals surface area contributed by atoms with Crippen molar-refractivity contribution in [2.75, 3.05) is 19.4 Å². The number of amides is 1. The third-order valence-corrected chi connectivity index (χ3v) is 3.94. The van der Waals surface area contributed by atoms with Gasteiger partial charge in [0.15, 0.2) is 11.6 Å². The van der Waals surface area contributed by atoms with Gasteiger partial charge in [-0.25, -0.2) is 14.4 Å². The molecule has 0 bridgehead atoms. The molecule has 0 fully saturated rings. The Labute approximate surface area is 146 Å². The van der Waals surface area contributed by atoms with Crippen LogP contribution in [0.2, 0.25) is 0 Å². The number of nitrogens with two attached hydrogens (primary N) is 1. The van der Waals surface area contributed by atoms with Crippen LogP contribution in [0.4, 0.5) is 10.2 Å². The first-order valence-corrected chi connectivity index (χ1v) is 7.74. The molecule has 2 rings (SSSR count). The standard InChI is InChI=1S/C18H21FN4O2/c1-5-15(24)23(4)12(3)9-25-17-16(21-10-22-18(17)20)14-8-13(19)7-6-11(14)2/h5-8,10,12H,1,9H2,2-4H3,(H2,20,21,22). The molecule has 2 N–H and O–H groups in total. The summed E-state index contributed by atoms with van der Waals surface area (Å²) >= 11 is 0. The van der Waals surface area contributed by atoms with Crippen LogP contribution in [0.1, 0.15) is 12.5 Å². The van der Waals surface area contributed by atoms with Crippen molar-refractivity contribution in [2.45, 2.75) is 19.9 Å². The minimum atomic E-state index is -0.381. The number of halogens is 1. The fourth-order valence-corrected chi connectivity index (χ4v) is 2.25. The average Bonchev–Trinajstić information content (AvgIpc) is 2.60. The Balaban J connectivity index is 2.31. The number of hydrogen-bond donors (Lipinski definition) is 1. The quantitative estimate of drug-likeness (QED) is 0.815. The van der Waals surface area contributed by atoms with Crippen molar-refractivity contribution in [3.05, 3.63) is 48.6 Å². The van der Waals surface area contributed by atoms with Crippen molar-refractivity contribution in [1.82, 2.24) is 14.9 Å². The number of nitrogens with zero attached hydrogens (tertiary/aromatic N) is 3. The van der Waals surface area contributed by atoms with Gasteiger partial charge in [-0.2, -0.15) is 0 Å². The molecule has 1 aromatic carbocycles. The van der Waals surface area contributed by atoms with E-state index in [1.807, 2.05) is 13.8 Å². The van der Waals surface area contributed by atoms with Gasteiger partial charge in [0.1, 0.15) is 24.4 Å². The predicted octanol–water partition coefficient (Wildman–Crippen LogP) is 2.59. The van der Waals surface area contributed by atoms with E-state index < -0.39 is 0 Å². The van der Waals surface area contributed by atoms with Gasteiger partial charge in [0, 0.05) is 12.6 Å². The number of carbonyl (C=O) groups is 1. The number of aryl methyl sites for hydroxylation is 1. The first kappa shape index (κ1) is 18.4. The monoisotopic (exact) mass is 344 g/mol. The highest BCUT2D eigenvalue weighted by molar-refractivity contribution is 5.87. The lowest BCUT2D eigenvalue weighted by molar-refractivity contribution is -0.126. The summed E-state index contributed by atoms with van der Waals surface area (Å²) < 4.78 is 19.4. The summed E-state index contributed by atoms with van der Waals surface area (Å²) in [6.45, 7) is 7.31. The Morgan fingerprint density at radius 2 is 2.20 bits per heavy atom. The zero-order valence-corrected chi connectivity index (χ0v) is 14.5. The molecular formula is C18H21FN4O2. The number of rotatable bonds is 6. The molecule has 132 valence electrons. The highest BCUT2D eigenvalue weighted by Crippen LogP contribution is 2.34. The van der Waals surface area contributed by atoms with Crippen LogP contribution in [0.15, 0.2) is 37.2 Å². The van der Waals surface area contributed by atoms with E-state index in [2.05, 4.69) is 16.5 Å². The third kappa shape index (κ3) is 4.12. The second-order valence-electron chi connectivity index (χ2n) is 5.71. The zero-order valence-electron chi connectivity index (χ0n) is 14.5. The van der Waals surface area contributed by atoms with Crippen molar-refractivity contribution in [1.29, 1.82) is 0 Å². The minimum absolute atomic E-state index is 0.151. The van der Waals surface area contributed by atoms with Crippen LogP contribution in [-0.4, -0.2) is 40.5 Å². The molecular weight excluding hydrogens is 323 g/mol. The highest BCUT2D eigenvalue weighted by Gasteiger charge is 2.19. The molecule has 0 aliphatic carbocycles. The number of ether oxygens (including phenoxy) is 1. The summed E-state index contributed by atoms with van der Waals surface area (Å²) in [5.74, 6) is -0.177. The highest BCUT2D eigenvalue weighted by atomic mass is 19.1. The molecule has 0 spiro atoms. The average molecular weight is 344 g/mol. The van der Waals surface area contributed by atoms with Crippen LogP contribution >= 0.6 is 0 Å². The SMILES string of the molecule is C=CC(=O)N(C)C(C)COc1c(N)ncnc1-c1cc(F)ccc1C. The van der Waals surface area contributed by atoms with Crippen molar-refractivity contribution in [2.24, 2.45) is 0 Å². The van der Waals surface area contributed by atoms with Gasteiger partial charge in [0.05, 0.1) is 6.04 Å². The number of hydrogen-bond acceptors (Lipinski definition) is 5. The van der Waals surface area contributed by atoms with Gasteiger partial charge in [0.25, 0.3) is 0 Å². The summed E-state index contributed by atoms with van der Waals surface area (Å²) in [6.07, 6.45) is 2.54. The number of aromatic nitrogens is 2.